The molecular formula is C16H23N3O. The molecule has 1 unspecified atom stereocenters. The molecule has 4 heteroatoms. The van der Waals surface area contributed by atoms with Crippen molar-refractivity contribution in [3.63, 3.8) is 0 Å². The van der Waals surface area contributed by atoms with E-state index in [2.05, 4.69) is 29.2 Å². The van der Waals surface area contributed by atoms with Gasteiger partial charge in [0.2, 0.25) is 0 Å². The summed E-state index contributed by atoms with van der Waals surface area (Å²) in [5.74, 6) is 0. The largest absolute Gasteiger partial charge is 0.331 e. The molecule has 0 aromatic heterocycles. The normalized spacial score (nSPS) is 22.7. The van der Waals surface area contributed by atoms with E-state index in [0.29, 0.717) is 6.04 Å². The van der Waals surface area contributed by atoms with Crippen LogP contribution in [0.3, 0.4) is 0 Å². The first-order valence-electron chi connectivity index (χ1n) is 7.45. The second-order valence-electron chi connectivity index (χ2n) is 5.95. The summed E-state index contributed by atoms with van der Waals surface area (Å²) in [5.41, 5.74) is 3.00. The highest BCUT2D eigenvalue weighted by Gasteiger charge is 2.31. The molecule has 1 saturated heterocycles. The molecule has 0 bridgehead atoms. The van der Waals surface area contributed by atoms with Gasteiger partial charge in [-0.2, -0.15) is 0 Å². The fourth-order valence-electron chi connectivity index (χ4n) is 3.42. The van der Waals surface area contributed by atoms with E-state index in [1.54, 1.807) is 4.90 Å². The number of rotatable bonds is 1. The maximum absolute atomic E-state index is 12.0. The zero-order valence-electron chi connectivity index (χ0n) is 12.4. The van der Waals surface area contributed by atoms with Gasteiger partial charge in [0.25, 0.3) is 0 Å². The molecule has 4 nitrogen and oxygen atoms in total. The molecule has 1 heterocycles. The summed E-state index contributed by atoms with van der Waals surface area (Å²) in [5, 5.41) is 0. The van der Waals surface area contributed by atoms with Crippen molar-refractivity contribution in [3.8, 4) is 0 Å². The van der Waals surface area contributed by atoms with Crippen molar-refractivity contribution in [1.82, 2.24) is 14.7 Å². The van der Waals surface area contributed by atoms with Crippen LogP contribution in [-0.4, -0.2) is 61.0 Å². The number of carbonyl (C=O) groups excluding carboxylic acids is 1. The number of nitrogens with zero attached hydrogens (tertiary/aromatic N) is 3. The van der Waals surface area contributed by atoms with Crippen molar-refractivity contribution in [2.24, 2.45) is 0 Å². The molecule has 1 aromatic carbocycles. The third-order valence-corrected chi connectivity index (χ3v) is 4.51. The fraction of sp³-hybridized carbons (Fsp3) is 0.562. The smallest absolute Gasteiger partial charge is 0.319 e. The van der Waals surface area contributed by atoms with Gasteiger partial charge in [-0.3, -0.25) is 4.90 Å². The van der Waals surface area contributed by atoms with Crippen LogP contribution in [0.1, 0.15) is 23.6 Å². The predicted octanol–water partition coefficient (Wildman–Crippen LogP) is 1.97. The molecule has 2 amide bonds. The standard InChI is InChI=1S/C16H23N3O/c1-17(2)16(20)19-11-9-18(10-12-19)15-8-7-13-5-3-4-6-14(13)15/h3-6,15H,7-12H2,1-2H3. The molecule has 1 aliphatic carbocycles. The predicted molar refractivity (Wildman–Crippen MR) is 79.7 cm³/mol. The Bertz CT molecular complexity index is 492. The maximum Gasteiger partial charge on any atom is 0.319 e. The van der Waals surface area contributed by atoms with Gasteiger partial charge in [0.1, 0.15) is 0 Å². The van der Waals surface area contributed by atoms with Crippen LogP contribution in [0.15, 0.2) is 24.3 Å². The molecule has 0 N–H and O–H groups in total. The zero-order valence-corrected chi connectivity index (χ0v) is 12.4. The van der Waals surface area contributed by atoms with E-state index < -0.39 is 0 Å². The minimum absolute atomic E-state index is 0.136. The molecule has 0 radical (unpaired) electrons. The number of fused-ring (bicyclic) bond motifs is 1. The van der Waals surface area contributed by atoms with Gasteiger partial charge in [0.15, 0.2) is 0 Å². The number of amides is 2. The molecular weight excluding hydrogens is 250 g/mol. The molecule has 1 fully saturated rings. The lowest BCUT2D eigenvalue weighted by Crippen LogP contribution is -2.51. The van der Waals surface area contributed by atoms with Gasteiger partial charge in [0, 0.05) is 46.3 Å². The molecule has 1 aliphatic heterocycles. The van der Waals surface area contributed by atoms with Gasteiger partial charge in [0.05, 0.1) is 0 Å². The topological polar surface area (TPSA) is 26.8 Å². The number of benzene rings is 1. The maximum atomic E-state index is 12.0. The van der Waals surface area contributed by atoms with Crippen LogP contribution >= 0.6 is 0 Å². The third kappa shape index (κ3) is 2.40. The summed E-state index contributed by atoms with van der Waals surface area (Å²) < 4.78 is 0. The number of piperazine rings is 1. The number of aryl methyl sites for hydroxylation is 1. The minimum atomic E-state index is 0.136. The van der Waals surface area contributed by atoms with E-state index in [9.17, 15) is 4.79 Å². The monoisotopic (exact) mass is 273 g/mol. The van der Waals surface area contributed by atoms with E-state index in [1.165, 1.54) is 24.0 Å². The van der Waals surface area contributed by atoms with Crippen molar-refractivity contribution in [2.45, 2.75) is 18.9 Å². The summed E-state index contributed by atoms with van der Waals surface area (Å²) in [4.78, 5) is 18.1. The SMILES string of the molecule is CN(C)C(=O)N1CCN(C2CCc3ccccc32)CC1. The van der Waals surface area contributed by atoms with Crippen LogP contribution < -0.4 is 0 Å². The van der Waals surface area contributed by atoms with Crippen molar-refractivity contribution in [1.29, 1.82) is 0 Å². The Kier molecular flexibility index (Phi) is 3.66. The summed E-state index contributed by atoms with van der Waals surface area (Å²) in [7, 11) is 3.64. The molecule has 1 atom stereocenters. The first-order chi connectivity index (χ1) is 9.66. The highest BCUT2D eigenvalue weighted by Crippen LogP contribution is 2.35. The average molecular weight is 273 g/mol. The summed E-state index contributed by atoms with van der Waals surface area (Å²) in [6.07, 6.45) is 2.42. The second-order valence-corrected chi connectivity index (χ2v) is 5.95. The molecule has 3 rings (SSSR count). The fourth-order valence-corrected chi connectivity index (χ4v) is 3.42. The molecule has 20 heavy (non-hydrogen) atoms. The lowest BCUT2D eigenvalue weighted by atomic mass is 10.1. The Balaban J connectivity index is 1.64. The first-order valence-corrected chi connectivity index (χ1v) is 7.45. The Labute approximate surface area is 121 Å². The van der Waals surface area contributed by atoms with Crippen molar-refractivity contribution >= 4 is 6.03 Å². The van der Waals surface area contributed by atoms with Crippen molar-refractivity contribution in [3.05, 3.63) is 35.4 Å². The van der Waals surface area contributed by atoms with Gasteiger partial charge < -0.3 is 9.80 Å². The first kappa shape index (κ1) is 13.4. The molecule has 108 valence electrons. The van der Waals surface area contributed by atoms with E-state index in [-0.39, 0.29) is 6.03 Å². The van der Waals surface area contributed by atoms with Crippen molar-refractivity contribution < 1.29 is 4.79 Å². The van der Waals surface area contributed by atoms with Crippen LogP contribution in [0.5, 0.6) is 0 Å². The Hall–Kier alpha value is -1.55. The third-order valence-electron chi connectivity index (χ3n) is 4.51. The van der Waals surface area contributed by atoms with E-state index in [0.717, 1.165) is 26.2 Å². The van der Waals surface area contributed by atoms with Crippen LogP contribution in [0, 0.1) is 0 Å². The summed E-state index contributed by atoms with van der Waals surface area (Å²) >= 11 is 0. The Morgan fingerprint density at radius 2 is 1.85 bits per heavy atom. The van der Waals surface area contributed by atoms with E-state index in [4.69, 9.17) is 0 Å². The number of urea groups is 1. The minimum Gasteiger partial charge on any atom is -0.331 e. The lowest BCUT2D eigenvalue weighted by Gasteiger charge is -2.39. The zero-order chi connectivity index (χ0) is 14.1. The molecule has 0 spiro atoms. The lowest BCUT2D eigenvalue weighted by molar-refractivity contribution is 0.0975. The van der Waals surface area contributed by atoms with E-state index >= 15 is 0 Å². The number of hydrogen-bond donors (Lipinski definition) is 0. The Morgan fingerprint density at radius 3 is 2.55 bits per heavy atom. The summed E-state index contributed by atoms with van der Waals surface area (Å²) in [6.45, 7) is 3.66. The Morgan fingerprint density at radius 1 is 1.15 bits per heavy atom. The van der Waals surface area contributed by atoms with Gasteiger partial charge >= 0.3 is 6.03 Å². The summed E-state index contributed by atoms with van der Waals surface area (Å²) in [6, 6.07) is 9.49. The van der Waals surface area contributed by atoms with Crippen LogP contribution in [0.2, 0.25) is 0 Å². The van der Waals surface area contributed by atoms with Crippen LogP contribution in [0.25, 0.3) is 0 Å². The van der Waals surface area contributed by atoms with Gasteiger partial charge in [-0.15, -0.1) is 0 Å². The number of hydrogen-bond acceptors (Lipinski definition) is 2. The van der Waals surface area contributed by atoms with Gasteiger partial charge in [-0.1, -0.05) is 24.3 Å². The van der Waals surface area contributed by atoms with Gasteiger partial charge in [-0.05, 0) is 24.0 Å². The molecule has 2 aliphatic rings. The van der Waals surface area contributed by atoms with Gasteiger partial charge in [-0.25, -0.2) is 4.79 Å². The number of carbonyl (C=O) groups is 1. The molecule has 1 aromatic rings. The van der Waals surface area contributed by atoms with E-state index in [1.807, 2.05) is 19.0 Å². The molecule has 0 saturated carbocycles. The quantitative estimate of drug-likeness (QED) is 0.782. The highest BCUT2D eigenvalue weighted by atomic mass is 16.2. The van der Waals surface area contributed by atoms with Crippen LogP contribution in [0.4, 0.5) is 4.79 Å². The average Bonchev–Trinajstić information content (AvgIpc) is 2.90. The second kappa shape index (κ2) is 5.44. The van der Waals surface area contributed by atoms with Crippen LogP contribution in [-0.2, 0) is 6.42 Å². The van der Waals surface area contributed by atoms with Crippen molar-refractivity contribution in [2.75, 3.05) is 40.3 Å². The highest BCUT2D eigenvalue weighted by molar-refractivity contribution is 5.73.